The normalized spacial score (nSPS) is 11.4. The van der Waals surface area contributed by atoms with Crippen LogP contribution < -0.4 is 10.0 Å². The first kappa shape index (κ1) is 20.4. The van der Waals surface area contributed by atoms with Crippen molar-refractivity contribution in [1.82, 2.24) is 0 Å². The zero-order valence-electron chi connectivity index (χ0n) is 13.1. The fraction of sp³-hybridized carbons (Fsp3) is 0. The van der Waals surface area contributed by atoms with Gasteiger partial charge in [-0.1, -0.05) is 0 Å². The molecule has 3 aromatic rings. The van der Waals surface area contributed by atoms with E-state index < -0.39 is 33.2 Å². The molecule has 0 unspecified atom stereocenters. The summed E-state index contributed by atoms with van der Waals surface area (Å²) in [6.07, 6.45) is 0. The van der Waals surface area contributed by atoms with Crippen molar-refractivity contribution in [3.8, 4) is 0 Å². The first-order valence-corrected chi connectivity index (χ1v) is 11.3. The number of sulfonamides is 1. The Balaban J connectivity index is 2.02. The highest BCUT2D eigenvalue weighted by molar-refractivity contribution is 14.1. The zero-order valence-corrected chi connectivity index (χ0v) is 18.4. The summed E-state index contributed by atoms with van der Waals surface area (Å²) in [6.45, 7) is 0. The molecule has 0 aliphatic rings. The molecule has 142 valence electrons. The van der Waals surface area contributed by atoms with Crippen molar-refractivity contribution in [2.45, 2.75) is 4.21 Å². The van der Waals surface area contributed by atoms with Crippen LogP contribution in [0.25, 0.3) is 0 Å². The van der Waals surface area contributed by atoms with Crippen molar-refractivity contribution < 1.29 is 21.6 Å². The number of hydrogen-bond donors (Lipinski definition) is 2. The smallest absolute Gasteiger partial charge is 0.271 e. The van der Waals surface area contributed by atoms with E-state index in [4.69, 9.17) is 0 Å². The highest BCUT2D eigenvalue weighted by Gasteiger charge is 2.22. The number of hydrogen-bond acceptors (Lipinski definition) is 4. The van der Waals surface area contributed by atoms with Gasteiger partial charge in [0, 0.05) is 3.57 Å². The molecule has 1 heterocycles. The third-order valence-corrected chi connectivity index (χ3v) is 7.50. The molecule has 2 aromatic carbocycles. The van der Waals surface area contributed by atoms with Crippen molar-refractivity contribution >= 4 is 76.9 Å². The molecule has 3 rings (SSSR count). The summed E-state index contributed by atoms with van der Waals surface area (Å²) in [6, 6.07) is 8.87. The fourth-order valence-corrected chi connectivity index (χ4v) is 5.66. The Morgan fingerprint density at radius 1 is 0.963 bits per heavy atom. The number of nitrogens with one attached hydrogen (secondary N) is 2. The van der Waals surface area contributed by atoms with Gasteiger partial charge in [-0.2, -0.15) is 0 Å². The SMILES string of the molecule is O=S(=O)(Nc1ccc(F)c(F)c1Nc1ccc(I)cc1F)c1ccc(Br)s1. The van der Waals surface area contributed by atoms with Crippen molar-refractivity contribution in [3.63, 3.8) is 0 Å². The van der Waals surface area contributed by atoms with Crippen LogP contribution >= 0.6 is 49.9 Å². The molecule has 0 saturated carbocycles. The second kappa shape index (κ2) is 7.97. The molecule has 4 nitrogen and oxygen atoms in total. The summed E-state index contributed by atoms with van der Waals surface area (Å²) >= 11 is 6.02. The van der Waals surface area contributed by atoms with Gasteiger partial charge in [-0.25, -0.2) is 21.6 Å². The van der Waals surface area contributed by atoms with Gasteiger partial charge >= 0.3 is 0 Å². The van der Waals surface area contributed by atoms with Crippen LogP contribution in [0.3, 0.4) is 0 Å². The summed E-state index contributed by atoms with van der Waals surface area (Å²) in [7, 11) is -4.04. The molecule has 0 fully saturated rings. The minimum absolute atomic E-state index is 0.0227. The highest BCUT2D eigenvalue weighted by Crippen LogP contribution is 2.34. The van der Waals surface area contributed by atoms with Gasteiger partial charge in [0.05, 0.1) is 15.2 Å². The lowest BCUT2D eigenvalue weighted by Gasteiger charge is -2.15. The molecule has 27 heavy (non-hydrogen) atoms. The van der Waals surface area contributed by atoms with Crippen LogP contribution in [0.5, 0.6) is 0 Å². The van der Waals surface area contributed by atoms with E-state index in [2.05, 4.69) is 26.0 Å². The van der Waals surface area contributed by atoms with Crippen molar-refractivity contribution in [3.05, 3.63) is 67.3 Å². The van der Waals surface area contributed by atoms with Gasteiger partial charge in [0.1, 0.15) is 15.7 Å². The predicted octanol–water partition coefficient (Wildman–Crippen LogP) is 6.08. The second-order valence-electron chi connectivity index (χ2n) is 5.20. The largest absolute Gasteiger partial charge is 0.349 e. The summed E-state index contributed by atoms with van der Waals surface area (Å²) in [5.74, 6) is -3.23. The number of thiophene rings is 1. The Morgan fingerprint density at radius 3 is 2.30 bits per heavy atom. The van der Waals surface area contributed by atoms with Crippen LogP contribution in [-0.4, -0.2) is 8.42 Å². The Morgan fingerprint density at radius 2 is 1.67 bits per heavy atom. The number of rotatable bonds is 5. The minimum Gasteiger partial charge on any atom is -0.349 e. The molecule has 2 N–H and O–H groups in total. The average Bonchev–Trinajstić information content (AvgIpc) is 3.03. The van der Waals surface area contributed by atoms with E-state index in [9.17, 15) is 21.6 Å². The quantitative estimate of drug-likeness (QED) is 0.355. The third-order valence-electron chi connectivity index (χ3n) is 3.34. The lowest BCUT2D eigenvalue weighted by Crippen LogP contribution is -2.14. The van der Waals surface area contributed by atoms with E-state index in [-0.39, 0.29) is 15.6 Å². The third kappa shape index (κ3) is 4.58. The molecular weight excluding hydrogens is 580 g/mol. The van der Waals surface area contributed by atoms with E-state index in [1.165, 1.54) is 18.2 Å². The molecule has 11 heteroatoms. The number of benzene rings is 2. The van der Waals surface area contributed by atoms with Gasteiger partial charge in [-0.05, 0) is 81.0 Å². The standard InChI is InChI=1S/C16H9BrF3IN2O2S2/c17-13-5-6-14(26-13)27(24,25)23-12-4-2-9(18)15(20)16(12)22-11-3-1-8(21)7-10(11)19/h1-7,22-23H. The van der Waals surface area contributed by atoms with Gasteiger partial charge < -0.3 is 5.32 Å². The number of halogens is 5. The first-order valence-electron chi connectivity index (χ1n) is 7.15. The maximum absolute atomic E-state index is 14.3. The van der Waals surface area contributed by atoms with Crippen LogP contribution in [-0.2, 0) is 10.0 Å². The Kier molecular flexibility index (Phi) is 6.03. The topological polar surface area (TPSA) is 58.2 Å². The number of anilines is 3. The van der Waals surface area contributed by atoms with E-state index >= 15 is 0 Å². The molecule has 0 radical (unpaired) electrons. The first-order chi connectivity index (χ1) is 12.7. The molecule has 0 bridgehead atoms. The Labute approximate surface area is 179 Å². The van der Waals surface area contributed by atoms with Crippen molar-refractivity contribution in [1.29, 1.82) is 0 Å². The second-order valence-corrected chi connectivity index (χ2v) is 10.8. The van der Waals surface area contributed by atoms with Crippen LogP contribution in [0, 0.1) is 21.0 Å². The summed E-state index contributed by atoms with van der Waals surface area (Å²) in [5, 5.41) is 2.43. The molecule has 0 aliphatic heterocycles. The fourth-order valence-electron chi connectivity index (χ4n) is 2.12. The Bertz CT molecular complexity index is 1120. The summed E-state index contributed by atoms with van der Waals surface area (Å²) < 4.78 is 70.5. The maximum Gasteiger partial charge on any atom is 0.271 e. The molecule has 0 amide bonds. The van der Waals surface area contributed by atoms with Crippen molar-refractivity contribution in [2.75, 3.05) is 10.0 Å². The molecule has 0 spiro atoms. The van der Waals surface area contributed by atoms with Gasteiger partial charge in [-0.15, -0.1) is 11.3 Å². The predicted molar refractivity (Wildman–Crippen MR) is 112 cm³/mol. The lowest BCUT2D eigenvalue weighted by molar-refractivity contribution is 0.512. The van der Waals surface area contributed by atoms with E-state index in [1.807, 2.05) is 22.6 Å². The molecular formula is C16H9BrF3IN2O2S2. The lowest BCUT2D eigenvalue weighted by atomic mass is 10.2. The monoisotopic (exact) mass is 588 g/mol. The maximum atomic E-state index is 14.3. The average molecular weight is 589 g/mol. The minimum atomic E-state index is -4.04. The van der Waals surface area contributed by atoms with E-state index in [0.29, 0.717) is 7.36 Å². The molecule has 0 aliphatic carbocycles. The van der Waals surface area contributed by atoms with Crippen molar-refractivity contribution in [2.24, 2.45) is 0 Å². The van der Waals surface area contributed by atoms with Crippen LogP contribution in [0.4, 0.5) is 30.2 Å². The molecule has 0 saturated heterocycles. The molecule has 1 aromatic heterocycles. The molecule has 0 atom stereocenters. The van der Waals surface area contributed by atoms with Crippen LogP contribution in [0.1, 0.15) is 0 Å². The zero-order chi connectivity index (χ0) is 19.8. The van der Waals surface area contributed by atoms with Gasteiger partial charge in [0.15, 0.2) is 11.6 Å². The summed E-state index contributed by atoms with van der Waals surface area (Å²) in [5.41, 5.74) is -0.898. The van der Waals surface area contributed by atoms with Crippen LogP contribution in [0.2, 0.25) is 0 Å². The van der Waals surface area contributed by atoms with Gasteiger partial charge in [-0.3, -0.25) is 4.72 Å². The highest BCUT2D eigenvalue weighted by atomic mass is 127. The van der Waals surface area contributed by atoms with E-state index in [1.54, 1.807) is 12.1 Å². The van der Waals surface area contributed by atoms with Crippen LogP contribution in [0.15, 0.2) is 50.5 Å². The Hall–Kier alpha value is -1.31. The van der Waals surface area contributed by atoms with Gasteiger partial charge in [0.25, 0.3) is 10.0 Å². The summed E-state index contributed by atoms with van der Waals surface area (Å²) in [4.78, 5) is 0. The van der Waals surface area contributed by atoms with Gasteiger partial charge in [0.2, 0.25) is 0 Å². The van der Waals surface area contributed by atoms with E-state index in [0.717, 1.165) is 23.5 Å².